The topological polar surface area (TPSA) is 81.7 Å². The molecular formula is C12H13NO5. The molecule has 0 saturated carbocycles. The molecule has 0 aliphatic rings. The lowest BCUT2D eigenvalue weighted by Crippen LogP contribution is -2.27. The fourth-order valence-electron chi connectivity index (χ4n) is 1.16. The highest BCUT2D eigenvalue weighted by Crippen LogP contribution is 2.08. The second-order valence-electron chi connectivity index (χ2n) is 3.23. The van der Waals surface area contributed by atoms with Crippen molar-refractivity contribution < 1.29 is 19.1 Å². The monoisotopic (exact) mass is 251 g/mol. The van der Waals surface area contributed by atoms with Gasteiger partial charge in [-0.3, -0.25) is 9.59 Å². The molecule has 0 saturated heterocycles. The van der Waals surface area contributed by atoms with Crippen LogP contribution in [0.1, 0.15) is 6.92 Å². The Balaban J connectivity index is 2.92. The maximum Gasteiger partial charge on any atom is 0.397 e. The van der Waals surface area contributed by atoms with Gasteiger partial charge in [0.25, 0.3) is 0 Å². The van der Waals surface area contributed by atoms with Gasteiger partial charge >= 0.3 is 11.9 Å². The van der Waals surface area contributed by atoms with E-state index in [1.165, 1.54) is 31.4 Å². The smallest absolute Gasteiger partial charge is 0.397 e. The van der Waals surface area contributed by atoms with Crippen molar-refractivity contribution in [2.45, 2.75) is 6.92 Å². The van der Waals surface area contributed by atoms with E-state index in [1.54, 1.807) is 6.92 Å². The molecular weight excluding hydrogens is 238 g/mol. The van der Waals surface area contributed by atoms with Crippen molar-refractivity contribution in [2.24, 2.45) is 0 Å². The molecule has 0 radical (unpaired) electrons. The number of hydrogen-bond acceptors (Lipinski definition) is 5. The number of esters is 1. The number of anilines is 1. The predicted molar refractivity (Wildman–Crippen MR) is 64.5 cm³/mol. The van der Waals surface area contributed by atoms with Gasteiger partial charge in [0.2, 0.25) is 5.43 Å². The summed E-state index contributed by atoms with van der Waals surface area (Å²) in [7, 11) is 1.46. The summed E-state index contributed by atoms with van der Waals surface area (Å²) in [5.74, 6) is -1.56. The van der Waals surface area contributed by atoms with Gasteiger partial charge in [-0.2, -0.15) is 0 Å². The lowest BCUT2D eigenvalue weighted by Gasteiger charge is -2.01. The van der Waals surface area contributed by atoms with Crippen LogP contribution in [-0.2, 0) is 14.3 Å². The Morgan fingerprint density at radius 1 is 1.22 bits per heavy atom. The minimum atomic E-state index is -1.03. The van der Waals surface area contributed by atoms with Crippen LogP contribution in [0.4, 0.5) is 5.69 Å². The first-order chi connectivity index (χ1) is 8.58. The minimum Gasteiger partial charge on any atom is -0.497 e. The zero-order valence-corrected chi connectivity index (χ0v) is 10.1. The maximum absolute atomic E-state index is 11.6. The van der Waals surface area contributed by atoms with E-state index in [2.05, 4.69) is 10.1 Å². The summed E-state index contributed by atoms with van der Waals surface area (Å²) in [6, 6.07) is 5.56. The second-order valence-corrected chi connectivity index (χ2v) is 3.23. The average molecular weight is 251 g/mol. The first kappa shape index (κ1) is 13.7. The van der Waals surface area contributed by atoms with Crippen LogP contribution in [0, 0.1) is 0 Å². The third-order valence-electron chi connectivity index (χ3n) is 2.02. The quantitative estimate of drug-likeness (QED) is 0.627. The molecule has 0 atom stereocenters. The van der Waals surface area contributed by atoms with Crippen LogP contribution in [0.25, 0.3) is 0 Å². The van der Waals surface area contributed by atoms with E-state index in [1.807, 2.05) is 0 Å². The van der Waals surface area contributed by atoms with Gasteiger partial charge in [0.05, 0.1) is 19.4 Å². The van der Waals surface area contributed by atoms with Gasteiger partial charge in [-0.05, 0) is 31.2 Å². The van der Waals surface area contributed by atoms with Gasteiger partial charge in [-0.1, -0.05) is 0 Å². The normalized spacial score (nSPS) is 9.44. The maximum atomic E-state index is 11.6. The molecule has 1 rings (SSSR count). The van der Waals surface area contributed by atoms with Crippen LogP contribution in [0.3, 0.4) is 0 Å². The van der Waals surface area contributed by atoms with E-state index in [4.69, 9.17) is 4.74 Å². The Labute approximate surface area is 104 Å². The highest BCUT2D eigenvalue weighted by Gasteiger charge is 2.15. The van der Waals surface area contributed by atoms with E-state index in [-0.39, 0.29) is 12.3 Å². The second kappa shape index (κ2) is 6.39. The van der Waals surface area contributed by atoms with E-state index in [0.29, 0.717) is 5.75 Å². The van der Waals surface area contributed by atoms with Crippen LogP contribution < -0.4 is 15.5 Å². The largest absolute Gasteiger partial charge is 0.497 e. The number of hydrogen-bond donors (Lipinski definition) is 1. The molecule has 0 aromatic heterocycles. The molecule has 0 spiro atoms. The number of methoxy groups -OCH3 is 1. The highest BCUT2D eigenvalue weighted by molar-refractivity contribution is 6.37. The first-order valence-electron chi connectivity index (χ1n) is 5.25. The molecule has 0 unspecified atom stereocenters. The van der Waals surface area contributed by atoms with Crippen molar-refractivity contribution in [1.82, 2.24) is 0 Å². The van der Waals surface area contributed by atoms with Crippen molar-refractivity contribution in [3.8, 4) is 5.75 Å². The van der Waals surface area contributed by atoms with Crippen molar-refractivity contribution in [1.29, 1.82) is 0 Å². The number of carbonyl (C=O) groups is 2. The summed E-state index contributed by atoms with van der Waals surface area (Å²) in [6.45, 7) is 1.67. The van der Waals surface area contributed by atoms with Crippen molar-refractivity contribution >= 4 is 17.6 Å². The van der Waals surface area contributed by atoms with Gasteiger partial charge in [-0.25, -0.2) is 4.79 Å². The zero-order chi connectivity index (χ0) is 13.5. The van der Waals surface area contributed by atoms with E-state index >= 15 is 0 Å². The average Bonchev–Trinajstić information content (AvgIpc) is 2.53. The van der Waals surface area contributed by atoms with E-state index in [0.717, 1.165) is 0 Å². The Morgan fingerprint density at radius 2 is 1.89 bits per heavy atom. The predicted octanol–water partition coefficient (Wildman–Crippen LogP) is 0.557. The number of rotatable bonds is 3. The first-order valence-corrected chi connectivity index (χ1v) is 5.25. The molecule has 0 aliphatic heterocycles. The van der Waals surface area contributed by atoms with Gasteiger partial charge in [0.1, 0.15) is 5.75 Å². The number of amides is 1. The van der Waals surface area contributed by atoms with Crippen LogP contribution in [0.5, 0.6) is 5.75 Å². The number of nitrogens with one attached hydrogen (secondary N) is 1. The standard InChI is InChI=1S/C12H13NO5/c1-3-18-12(16)11(15)13-9-6-4-8(17-2)5-7-10(9)14/h4-7H,3H2,1-2H3,(H,13,14,15). The molecule has 0 bridgehead atoms. The van der Waals surface area contributed by atoms with Crippen LogP contribution in [-0.4, -0.2) is 25.6 Å². The number of carbonyl (C=O) groups excluding carboxylic acids is 2. The molecule has 0 aliphatic carbocycles. The molecule has 1 aromatic rings. The molecule has 1 N–H and O–H groups in total. The summed E-state index contributed by atoms with van der Waals surface area (Å²) < 4.78 is 9.44. The highest BCUT2D eigenvalue weighted by atomic mass is 16.5. The lowest BCUT2D eigenvalue weighted by atomic mass is 10.4. The SMILES string of the molecule is CCOC(=O)C(=O)Nc1ccc(OC)ccc1=O. The minimum absolute atomic E-state index is 0.0173. The zero-order valence-electron chi connectivity index (χ0n) is 10.1. The Morgan fingerprint density at radius 3 is 2.50 bits per heavy atom. The van der Waals surface area contributed by atoms with Gasteiger partial charge in [0.15, 0.2) is 0 Å². The van der Waals surface area contributed by atoms with Gasteiger partial charge in [0, 0.05) is 0 Å². The van der Waals surface area contributed by atoms with Gasteiger partial charge < -0.3 is 14.8 Å². The number of ether oxygens (including phenoxy) is 2. The molecule has 1 aromatic carbocycles. The fourth-order valence-corrected chi connectivity index (χ4v) is 1.16. The van der Waals surface area contributed by atoms with Gasteiger partial charge in [-0.15, -0.1) is 0 Å². The summed E-state index contributed by atoms with van der Waals surface area (Å²) in [6.07, 6.45) is 0. The molecule has 1 amide bonds. The third kappa shape index (κ3) is 3.58. The Bertz CT molecular complexity index is 512. The molecule has 96 valence electrons. The van der Waals surface area contributed by atoms with Crippen LogP contribution in [0.15, 0.2) is 29.1 Å². The van der Waals surface area contributed by atoms with Crippen molar-refractivity contribution in [2.75, 3.05) is 19.0 Å². The summed E-state index contributed by atoms with van der Waals surface area (Å²) in [4.78, 5) is 34.0. The summed E-state index contributed by atoms with van der Waals surface area (Å²) in [5.41, 5.74) is -0.452. The third-order valence-corrected chi connectivity index (χ3v) is 2.02. The lowest BCUT2D eigenvalue weighted by molar-refractivity contribution is -0.152. The Kier molecular flexibility index (Phi) is 4.86. The van der Waals surface area contributed by atoms with E-state index < -0.39 is 17.3 Å². The molecule has 6 nitrogen and oxygen atoms in total. The molecule has 18 heavy (non-hydrogen) atoms. The summed E-state index contributed by atoms with van der Waals surface area (Å²) >= 11 is 0. The Hall–Kier alpha value is -2.37. The summed E-state index contributed by atoms with van der Waals surface area (Å²) in [5, 5.41) is 2.18. The van der Waals surface area contributed by atoms with Crippen LogP contribution >= 0.6 is 0 Å². The van der Waals surface area contributed by atoms with Crippen molar-refractivity contribution in [3.05, 3.63) is 34.5 Å². The van der Waals surface area contributed by atoms with Crippen molar-refractivity contribution in [3.63, 3.8) is 0 Å². The molecule has 6 heteroatoms. The molecule has 0 heterocycles. The molecule has 0 fully saturated rings. The van der Waals surface area contributed by atoms with Crippen LogP contribution in [0.2, 0.25) is 0 Å². The fraction of sp³-hybridized carbons (Fsp3) is 0.250. The van der Waals surface area contributed by atoms with E-state index in [9.17, 15) is 14.4 Å².